The molecule has 0 radical (unpaired) electrons. The average Bonchev–Trinajstić information content (AvgIpc) is 2.44. The number of benzene rings is 1. The molecule has 0 amide bonds. The lowest BCUT2D eigenvalue weighted by molar-refractivity contribution is -0.137. The highest BCUT2D eigenvalue weighted by atomic mass is 32.2. The number of hydrogen-bond donors (Lipinski definition) is 1. The van der Waals surface area contributed by atoms with Crippen LogP contribution in [0.4, 0.5) is 13.2 Å². The van der Waals surface area contributed by atoms with E-state index in [9.17, 15) is 17.4 Å². The molecule has 0 aliphatic heterocycles. The first-order valence-corrected chi connectivity index (χ1v) is 8.46. The Hall–Kier alpha value is -0.880. The Morgan fingerprint density at radius 3 is 2.27 bits per heavy atom. The monoisotopic (exact) mass is 335 g/mol. The van der Waals surface area contributed by atoms with Crippen LogP contribution in [0.1, 0.15) is 56.7 Å². The third kappa shape index (κ3) is 4.81. The fourth-order valence-corrected chi connectivity index (χ4v) is 3.53. The third-order valence-electron chi connectivity index (χ3n) is 3.80. The molecule has 1 N–H and O–H groups in total. The van der Waals surface area contributed by atoms with Crippen molar-refractivity contribution in [1.29, 1.82) is 0 Å². The predicted octanol–water partition coefficient (Wildman–Crippen LogP) is 4.42. The first kappa shape index (κ1) is 19.2. The Labute approximate surface area is 133 Å². The van der Waals surface area contributed by atoms with Crippen LogP contribution in [0.3, 0.4) is 0 Å². The molecular formula is C16H24F3NOS. The summed E-state index contributed by atoms with van der Waals surface area (Å²) in [5, 5.41) is 0. The summed E-state index contributed by atoms with van der Waals surface area (Å²) in [5.41, 5.74) is 0.707. The van der Waals surface area contributed by atoms with Crippen LogP contribution in [0.5, 0.6) is 0 Å². The molecule has 22 heavy (non-hydrogen) atoms. The second-order valence-corrected chi connectivity index (χ2v) is 8.20. The maximum Gasteiger partial charge on any atom is 0.416 e. The molecule has 1 aromatic rings. The normalized spacial score (nSPS) is 15.6. The summed E-state index contributed by atoms with van der Waals surface area (Å²) in [6.45, 7) is 7.42. The maximum absolute atomic E-state index is 13.0. The summed E-state index contributed by atoms with van der Waals surface area (Å²) >= 11 is 0. The summed E-state index contributed by atoms with van der Waals surface area (Å²) in [4.78, 5) is 0. The molecule has 1 unspecified atom stereocenters. The molecule has 1 rings (SSSR count). The molecule has 0 bridgehead atoms. The molecule has 0 heterocycles. The van der Waals surface area contributed by atoms with E-state index in [4.69, 9.17) is 0 Å². The first-order chi connectivity index (χ1) is 10.0. The van der Waals surface area contributed by atoms with Crippen molar-refractivity contribution in [3.63, 3.8) is 0 Å². The van der Waals surface area contributed by atoms with Gasteiger partial charge in [0.2, 0.25) is 0 Å². The molecule has 2 atom stereocenters. The Balaban J connectivity index is 3.12. The van der Waals surface area contributed by atoms with Crippen molar-refractivity contribution >= 4 is 11.0 Å². The van der Waals surface area contributed by atoms with Gasteiger partial charge in [0.25, 0.3) is 0 Å². The van der Waals surface area contributed by atoms with Crippen molar-refractivity contribution < 1.29 is 17.4 Å². The highest BCUT2D eigenvalue weighted by Gasteiger charge is 2.33. The van der Waals surface area contributed by atoms with Crippen molar-refractivity contribution in [1.82, 2.24) is 4.72 Å². The first-order valence-electron chi connectivity index (χ1n) is 7.31. The van der Waals surface area contributed by atoms with E-state index >= 15 is 0 Å². The maximum atomic E-state index is 13.0. The van der Waals surface area contributed by atoms with Gasteiger partial charge in [-0.2, -0.15) is 13.2 Å². The van der Waals surface area contributed by atoms with Crippen molar-refractivity contribution in [3.8, 4) is 0 Å². The number of hydrogen-bond acceptors (Lipinski definition) is 1. The zero-order valence-electron chi connectivity index (χ0n) is 13.7. The third-order valence-corrected chi connectivity index (χ3v) is 5.35. The van der Waals surface area contributed by atoms with Gasteiger partial charge in [-0.25, -0.2) is 8.93 Å². The smallest absolute Gasteiger partial charge is 0.242 e. The van der Waals surface area contributed by atoms with Crippen LogP contribution in [0, 0.1) is 0 Å². The van der Waals surface area contributed by atoms with Gasteiger partial charge in [-0.05, 0) is 62.9 Å². The van der Waals surface area contributed by atoms with Crippen LogP contribution < -0.4 is 4.72 Å². The Bertz CT molecular complexity index is 541. The van der Waals surface area contributed by atoms with Crippen LogP contribution in [-0.2, 0) is 23.6 Å². The van der Waals surface area contributed by atoms with Crippen molar-refractivity contribution in [2.45, 2.75) is 57.4 Å². The van der Waals surface area contributed by atoms with E-state index in [0.717, 1.165) is 0 Å². The highest BCUT2D eigenvalue weighted by Crippen LogP contribution is 2.35. The van der Waals surface area contributed by atoms with Crippen molar-refractivity contribution in [3.05, 3.63) is 34.9 Å². The van der Waals surface area contributed by atoms with Crippen molar-refractivity contribution in [2.75, 3.05) is 7.05 Å². The molecule has 2 nitrogen and oxygen atoms in total. The van der Waals surface area contributed by atoms with Gasteiger partial charge >= 0.3 is 6.18 Å². The molecule has 0 saturated heterocycles. The Morgan fingerprint density at radius 2 is 1.82 bits per heavy atom. The summed E-state index contributed by atoms with van der Waals surface area (Å²) in [5.74, 6) is -0.111. The van der Waals surface area contributed by atoms with Gasteiger partial charge in [-0.3, -0.25) is 0 Å². The molecule has 0 fully saturated rings. The van der Waals surface area contributed by atoms with Crippen LogP contribution in [-0.4, -0.2) is 16.0 Å². The summed E-state index contributed by atoms with van der Waals surface area (Å²) in [7, 11) is 0.380. The lowest BCUT2D eigenvalue weighted by Crippen LogP contribution is -2.35. The van der Waals surface area contributed by atoms with Crippen LogP contribution in [0.25, 0.3) is 0 Å². The van der Waals surface area contributed by atoms with Gasteiger partial charge in [-0.15, -0.1) is 0 Å². The molecule has 0 aliphatic carbocycles. The highest BCUT2D eigenvalue weighted by molar-refractivity contribution is 7.84. The van der Waals surface area contributed by atoms with Gasteiger partial charge in [0.15, 0.2) is 0 Å². The van der Waals surface area contributed by atoms with E-state index in [1.165, 1.54) is 12.1 Å². The lowest BCUT2D eigenvalue weighted by Gasteiger charge is -2.27. The van der Waals surface area contributed by atoms with Crippen LogP contribution in [0.15, 0.2) is 18.2 Å². The van der Waals surface area contributed by atoms with E-state index in [0.29, 0.717) is 24.0 Å². The lowest BCUT2D eigenvalue weighted by atomic mass is 9.89. The summed E-state index contributed by atoms with van der Waals surface area (Å²) < 4.78 is 53.2. The average molecular weight is 335 g/mol. The van der Waals surface area contributed by atoms with Gasteiger partial charge < -0.3 is 0 Å². The van der Waals surface area contributed by atoms with E-state index in [1.807, 2.05) is 33.8 Å². The van der Waals surface area contributed by atoms with Gasteiger partial charge in [0.05, 0.1) is 21.3 Å². The van der Waals surface area contributed by atoms with Gasteiger partial charge in [-0.1, -0.05) is 19.9 Å². The quantitative estimate of drug-likeness (QED) is 0.819. The molecule has 0 spiro atoms. The minimum atomic E-state index is -4.34. The molecule has 0 aliphatic rings. The van der Waals surface area contributed by atoms with Crippen LogP contribution >= 0.6 is 0 Å². The fraction of sp³-hybridized carbons (Fsp3) is 0.625. The minimum Gasteiger partial charge on any atom is -0.242 e. The topological polar surface area (TPSA) is 29.1 Å². The number of alkyl halides is 3. The zero-order chi connectivity index (χ0) is 17.1. The number of nitrogens with one attached hydrogen (secondary N) is 1. The zero-order valence-corrected chi connectivity index (χ0v) is 14.5. The van der Waals surface area contributed by atoms with Gasteiger partial charge in [0, 0.05) is 0 Å². The van der Waals surface area contributed by atoms with Crippen molar-refractivity contribution in [2.24, 2.45) is 0 Å². The molecule has 1 aromatic carbocycles. The standard InChI is InChI=1S/C16H24F3NOS/c1-6-12-7-13(9-14(8-12)16(17,18)19)11(2)10-15(3,4)22(21)20-5/h7-9,11,20H,6,10H2,1-5H3/t11-,22?/m1/s1. The number of rotatable bonds is 6. The fourth-order valence-electron chi connectivity index (χ4n) is 2.58. The Morgan fingerprint density at radius 1 is 1.23 bits per heavy atom. The molecule has 0 aromatic heterocycles. The SMILES string of the molecule is CCc1cc([C@H](C)CC(C)(C)S(=O)NC)cc(C(F)(F)F)c1. The molecule has 0 saturated carbocycles. The summed E-state index contributed by atoms with van der Waals surface area (Å²) in [6, 6.07) is 4.23. The minimum absolute atomic E-state index is 0.111. The molecule has 126 valence electrons. The van der Waals surface area contributed by atoms with Gasteiger partial charge in [0.1, 0.15) is 0 Å². The Kier molecular flexibility index (Phi) is 6.21. The predicted molar refractivity (Wildman–Crippen MR) is 85.1 cm³/mol. The summed E-state index contributed by atoms with van der Waals surface area (Å²) in [6.07, 6.45) is -3.26. The van der Waals surface area contributed by atoms with E-state index < -0.39 is 27.5 Å². The second-order valence-electron chi connectivity index (χ2n) is 6.15. The van der Waals surface area contributed by atoms with E-state index in [-0.39, 0.29) is 5.92 Å². The van der Waals surface area contributed by atoms with E-state index in [1.54, 1.807) is 7.05 Å². The largest absolute Gasteiger partial charge is 0.416 e. The second kappa shape index (κ2) is 7.13. The van der Waals surface area contributed by atoms with Crippen LogP contribution in [0.2, 0.25) is 0 Å². The molecular weight excluding hydrogens is 311 g/mol. The van der Waals surface area contributed by atoms with E-state index in [2.05, 4.69) is 4.72 Å². The number of halogens is 3. The number of aryl methyl sites for hydroxylation is 1. The molecule has 6 heteroatoms.